The molecule has 0 radical (unpaired) electrons. The van der Waals surface area contributed by atoms with Crippen LogP contribution in [0.15, 0.2) is 30.3 Å². The van der Waals surface area contributed by atoms with Crippen molar-refractivity contribution in [2.75, 3.05) is 34.2 Å². The molecule has 0 saturated carbocycles. The lowest BCUT2D eigenvalue weighted by molar-refractivity contribution is -0.119. The van der Waals surface area contributed by atoms with Crippen LogP contribution in [0.5, 0.6) is 23.0 Å². The van der Waals surface area contributed by atoms with E-state index in [1.54, 1.807) is 37.5 Å². The van der Waals surface area contributed by atoms with E-state index in [-0.39, 0.29) is 0 Å². The number of carbonyl (C=O) groups is 1. The number of anilines is 1. The van der Waals surface area contributed by atoms with Gasteiger partial charge in [-0.1, -0.05) is 19.9 Å². The lowest BCUT2D eigenvalue weighted by atomic mass is 10.0. The fraction of sp³-hybridized carbons (Fsp3) is 0.360. The number of nitriles is 1. The average molecular weight is 471 g/mol. The Labute approximate surface area is 201 Å². The molecule has 34 heavy (non-hydrogen) atoms. The number of amides is 1. The van der Waals surface area contributed by atoms with Crippen molar-refractivity contribution in [3.8, 4) is 29.1 Å². The van der Waals surface area contributed by atoms with E-state index in [2.05, 4.69) is 6.07 Å². The Balaban J connectivity index is 0.000000546. The van der Waals surface area contributed by atoms with E-state index in [1.807, 2.05) is 19.9 Å². The van der Waals surface area contributed by atoms with Gasteiger partial charge in [-0.2, -0.15) is 5.26 Å². The standard InChI is InChI=1S/C19H20N2O4.C6H14N2O/c1-22-16-6-5-12(8-15(16)21)7-14(11-20)13-9-17(23-2)19(25-4)18(10-13)24-3;1-4(2)3-5(7)6(8)9/h5-10H,21H2,1-4H3;4-5H,3,7H2,1-2H3,(H2,8,9)/b14-7-;/t;5-/m.0/s1. The molecular formula is C25H34N4O5. The summed E-state index contributed by atoms with van der Waals surface area (Å²) in [5.41, 5.74) is 18.5. The van der Waals surface area contributed by atoms with Gasteiger partial charge in [0.2, 0.25) is 11.7 Å². The van der Waals surface area contributed by atoms with Crippen LogP contribution in [0.3, 0.4) is 0 Å². The van der Waals surface area contributed by atoms with Crippen molar-refractivity contribution in [1.82, 2.24) is 0 Å². The van der Waals surface area contributed by atoms with Crippen LogP contribution in [0.4, 0.5) is 5.69 Å². The van der Waals surface area contributed by atoms with Crippen molar-refractivity contribution in [2.24, 2.45) is 17.4 Å². The molecule has 0 bridgehead atoms. The summed E-state index contributed by atoms with van der Waals surface area (Å²) in [5.74, 6) is 2.04. The van der Waals surface area contributed by atoms with Gasteiger partial charge in [-0.05, 0) is 53.8 Å². The first kappa shape index (κ1) is 28.1. The topological polar surface area (TPSA) is 156 Å². The third-order valence-electron chi connectivity index (χ3n) is 4.75. The van der Waals surface area contributed by atoms with Gasteiger partial charge in [-0.3, -0.25) is 4.79 Å². The molecule has 2 aromatic rings. The summed E-state index contributed by atoms with van der Waals surface area (Å²) in [6, 6.07) is 10.5. The molecule has 1 amide bonds. The van der Waals surface area contributed by atoms with Crippen LogP contribution in [0.25, 0.3) is 11.6 Å². The second kappa shape index (κ2) is 13.6. The molecule has 1 atom stereocenters. The molecule has 2 rings (SSSR count). The molecule has 6 N–H and O–H groups in total. The second-order valence-electron chi connectivity index (χ2n) is 7.72. The zero-order valence-corrected chi connectivity index (χ0v) is 20.5. The minimum atomic E-state index is -0.468. The molecule has 0 aliphatic carbocycles. The molecule has 0 saturated heterocycles. The van der Waals surface area contributed by atoms with E-state index >= 15 is 0 Å². The van der Waals surface area contributed by atoms with Gasteiger partial charge in [0.05, 0.1) is 51.8 Å². The molecule has 0 aromatic heterocycles. The molecular weight excluding hydrogens is 436 g/mol. The van der Waals surface area contributed by atoms with Crippen LogP contribution in [0.2, 0.25) is 0 Å². The molecule has 184 valence electrons. The zero-order chi connectivity index (χ0) is 25.8. The number of primary amides is 1. The average Bonchev–Trinajstić information content (AvgIpc) is 2.81. The summed E-state index contributed by atoms with van der Waals surface area (Å²) in [6.07, 6.45) is 2.41. The van der Waals surface area contributed by atoms with Gasteiger partial charge < -0.3 is 36.1 Å². The number of carbonyl (C=O) groups excluding carboxylic acids is 1. The van der Waals surface area contributed by atoms with E-state index in [0.29, 0.717) is 52.2 Å². The Morgan fingerprint density at radius 2 is 1.56 bits per heavy atom. The van der Waals surface area contributed by atoms with Crippen LogP contribution in [-0.4, -0.2) is 40.4 Å². The fourth-order valence-electron chi connectivity index (χ4n) is 3.05. The number of hydrogen-bond donors (Lipinski definition) is 3. The van der Waals surface area contributed by atoms with Crippen molar-refractivity contribution < 1.29 is 23.7 Å². The zero-order valence-electron chi connectivity index (χ0n) is 20.5. The third-order valence-corrected chi connectivity index (χ3v) is 4.75. The van der Waals surface area contributed by atoms with Crippen molar-refractivity contribution >= 4 is 23.2 Å². The first-order valence-electron chi connectivity index (χ1n) is 10.5. The Morgan fingerprint density at radius 3 is 1.91 bits per heavy atom. The number of hydrogen-bond acceptors (Lipinski definition) is 8. The van der Waals surface area contributed by atoms with Gasteiger partial charge >= 0.3 is 0 Å². The predicted molar refractivity (Wildman–Crippen MR) is 134 cm³/mol. The number of rotatable bonds is 9. The predicted octanol–water partition coefficient (Wildman–Crippen LogP) is 3.21. The van der Waals surface area contributed by atoms with Gasteiger partial charge in [0.25, 0.3) is 0 Å². The highest BCUT2D eigenvalue weighted by Crippen LogP contribution is 2.40. The SMILES string of the molecule is CC(C)C[C@H](N)C(N)=O.COc1ccc(/C=C(/C#N)c2cc(OC)c(OC)c(OC)c2)cc1N. The summed E-state index contributed by atoms with van der Waals surface area (Å²) in [5, 5.41) is 9.58. The first-order chi connectivity index (χ1) is 16.1. The van der Waals surface area contributed by atoms with Gasteiger partial charge in [0.1, 0.15) is 5.75 Å². The number of nitrogens with two attached hydrogens (primary N) is 3. The molecule has 0 unspecified atom stereocenters. The van der Waals surface area contributed by atoms with E-state index in [0.717, 1.165) is 5.56 Å². The van der Waals surface area contributed by atoms with Gasteiger partial charge in [-0.25, -0.2) is 0 Å². The fourth-order valence-corrected chi connectivity index (χ4v) is 3.05. The summed E-state index contributed by atoms with van der Waals surface area (Å²) in [7, 11) is 6.14. The van der Waals surface area contributed by atoms with Crippen molar-refractivity contribution in [3.05, 3.63) is 41.5 Å². The van der Waals surface area contributed by atoms with Crippen LogP contribution in [0, 0.1) is 17.2 Å². The third kappa shape index (κ3) is 7.90. The molecule has 0 spiro atoms. The first-order valence-corrected chi connectivity index (χ1v) is 10.5. The monoisotopic (exact) mass is 470 g/mol. The molecule has 2 aromatic carbocycles. The van der Waals surface area contributed by atoms with E-state index in [4.69, 9.17) is 36.1 Å². The number of allylic oxidation sites excluding steroid dienone is 1. The Morgan fingerprint density at radius 1 is 1.00 bits per heavy atom. The van der Waals surface area contributed by atoms with Crippen molar-refractivity contribution in [1.29, 1.82) is 5.26 Å². The molecule has 0 fully saturated rings. The molecule has 9 nitrogen and oxygen atoms in total. The summed E-state index contributed by atoms with van der Waals surface area (Å²) >= 11 is 0. The van der Waals surface area contributed by atoms with Crippen LogP contribution in [0.1, 0.15) is 31.4 Å². The van der Waals surface area contributed by atoms with Crippen molar-refractivity contribution in [2.45, 2.75) is 26.3 Å². The lowest BCUT2D eigenvalue weighted by Crippen LogP contribution is -2.37. The van der Waals surface area contributed by atoms with Gasteiger partial charge in [0.15, 0.2) is 11.5 Å². The van der Waals surface area contributed by atoms with E-state index in [1.165, 1.54) is 21.3 Å². The molecule has 9 heteroatoms. The molecule has 0 aliphatic rings. The van der Waals surface area contributed by atoms with Gasteiger partial charge in [0, 0.05) is 0 Å². The largest absolute Gasteiger partial charge is 0.495 e. The lowest BCUT2D eigenvalue weighted by Gasteiger charge is -2.14. The highest BCUT2D eigenvalue weighted by molar-refractivity contribution is 5.91. The number of ether oxygens (including phenoxy) is 4. The summed E-state index contributed by atoms with van der Waals surface area (Å²) in [6.45, 7) is 4.01. The number of nitrogen functional groups attached to an aromatic ring is 1. The Hall–Kier alpha value is -3.90. The quantitative estimate of drug-likeness (QED) is 0.286. The maximum absolute atomic E-state index is 10.3. The highest BCUT2D eigenvalue weighted by atomic mass is 16.5. The Bertz CT molecular complexity index is 1020. The van der Waals surface area contributed by atoms with Crippen LogP contribution < -0.4 is 36.1 Å². The maximum Gasteiger partial charge on any atom is 0.234 e. The smallest absolute Gasteiger partial charge is 0.234 e. The van der Waals surface area contributed by atoms with E-state index < -0.39 is 11.9 Å². The normalized spacial score (nSPS) is 11.6. The minimum absolute atomic E-state index is 0.413. The molecule has 0 heterocycles. The van der Waals surface area contributed by atoms with Crippen LogP contribution >= 0.6 is 0 Å². The number of methoxy groups -OCH3 is 4. The van der Waals surface area contributed by atoms with Gasteiger partial charge in [-0.15, -0.1) is 0 Å². The molecule has 0 aliphatic heterocycles. The minimum Gasteiger partial charge on any atom is -0.495 e. The number of benzene rings is 2. The van der Waals surface area contributed by atoms with Crippen LogP contribution in [-0.2, 0) is 4.79 Å². The summed E-state index contributed by atoms with van der Waals surface area (Å²) < 4.78 is 21.1. The second-order valence-corrected chi connectivity index (χ2v) is 7.72. The van der Waals surface area contributed by atoms with Crippen molar-refractivity contribution in [3.63, 3.8) is 0 Å². The summed E-state index contributed by atoms with van der Waals surface area (Å²) in [4.78, 5) is 10.3. The highest BCUT2D eigenvalue weighted by Gasteiger charge is 2.15. The van der Waals surface area contributed by atoms with E-state index in [9.17, 15) is 10.1 Å². The number of nitrogens with zero attached hydrogens (tertiary/aromatic N) is 1. The maximum atomic E-state index is 10.3. The Kier molecular flexibility index (Phi) is 11.3.